The Labute approximate surface area is 121 Å². The van der Waals surface area contributed by atoms with Gasteiger partial charge in [0.1, 0.15) is 0 Å². The zero-order valence-electron chi connectivity index (χ0n) is 12.3. The Morgan fingerprint density at radius 3 is 2.65 bits per heavy atom. The number of nitrogens with zero attached hydrogens (tertiary/aromatic N) is 2. The molecule has 1 aliphatic rings. The molecule has 1 aliphatic carbocycles. The van der Waals surface area contributed by atoms with Gasteiger partial charge in [0, 0.05) is 17.3 Å². The number of hydrogen-bond donors (Lipinski definition) is 2. The molecule has 1 aromatic rings. The molecule has 1 heterocycles. The first-order chi connectivity index (χ1) is 9.56. The minimum absolute atomic E-state index is 0.424. The fourth-order valence-corrected chi connectivity index (χ4v) is 2.75. The molecule has 108 valence electrons. The summed E-state index contributed by atoms with van der Waals surface area (Å²) in [7, 11) is 0. The summed E-state index contributed by atoms with van der Waals surface area (Å²) in [4.78, 5) is 0. The summed E-state index contributed by atoms with van der Waals surface area (Å²) in [5.41, 5.74) is 15.6. The number of nitrogens with two attached hydrogens (primary N) is 2. The summed E-state index contributed by atoms with van der Waals surface area (Å²) in [5.74, 6) is 0.893. The number of allylic oxidation sites excluding steroid dienone is 4. The van der Waals surface area contributed by atoms with E-state index in [0.29, 0.717) is 11.8 Å². The van der Waals surface area contributed by atoms with Gasteiger partial charge in [0.2, 0.25) is 0 Å². The highest BCUT2D eigenvalue weighted by atomic mass is 15.1. The minimum atomic E-state index is 0.424. The highest BCUT2D eigenvalue weighted by Crippen LogP contribution is 2.37. The van der Waals surface area contributed by atoms with Gasteiger partial charge in [-0.05, 0) is 63.3 Å². The third-order valence-electron chi connectivity index (χ3n) is 3.92. The summed E-state index contributed by atoms with van der Waals surface area (Å²) in [5, 5.41) is 8.49. The lowest BCUT2D eigenvalue weighted by Gasteiger charge is -2.28. The summed E-state index contributed by atoms with van der Waals surface area (Å²) < 4.78 is 0. The van der Waals surface area contributed by atoms with Crippen LogP contribution in [0.5, 0.6) is 0 Å². The molecule has 4 heteroatoms. The monoisotopic (exact) mass is 272 g/mol. The Kier molecular flexibility index (Phi) is 4.77. The molecule has 4 nitrogen and oxygen atoms in total. The Morgan fingerprint density at radius 2 is 2.00 bits per heavy atom. The maximum atomic E-state index is 6.19. The second-order valence-corrected chi connectivity index (χ2v) is 5.74. The van der Waals surface area contributed by atoms with Crippen molar-refractivity contribution in [1.82, 2.24) is 10.2 Å². The average molecular weight is 272 g/mol. The van der Waals surface area contributed by atoms with Crippen molar-refractivity contribution in [3.8, 4) is 0 Å². The zero-order valence-corrected chi connectivity index (χ0v) is 12.3. The zero-order chi connectivity index (χ0) is 14.5. The molecule has 1 aromatic heterocycles. The van der Waals surface area contributed by atoms with Crippen LogP contribution < -0.4 is 11.5 Å². The molecule has 2 rings (SSSR count). The van der Waals surface area contributed by atoms with Gasteiger partial charge in [-0.1, -0.05) is 6.42 Å². The van der Waals surface area contributed by atoms with Crippen molar-refractivity contribution in [2.24, 2.45) is 17.4 Å². The quantitative estimate of drug-likeness (QED) is 0.829. The van der Waals surface area contributed by atoms with Crippen LogP contribution in [0.1, 0.15) is 49.9 Å². The number of rotatable bonds is 3. The first-order valence-electron chi connectivity index (χ1n) is 7.26. The third kappa shape index (κ3) is 3.83. The Morgan fingerprint density at radius 1 is 1.20 bits per heavy atom. The highest BCUT2D eigenvalue weighted by Gasteiger charge is 2.25. The van der Waals surface area contributed by atoms with Crippen molar-refractivity contribution in [2.45, 2.75) is 45.4 Å². The van der Waals surface area contributed by atoms with E-state index in [4.69, 9.17) is 11.5 Å². The molecule has 2 atom stereocenters. The van der Waals surface area contributed by atoms with Crippen molar-refractivity contribution in [2.75, 3.05) is 0 Å². The van der Waals surface area contributed by atoms with Gasteiger partial charge in [-0.2, -0.15) is 10.2 Å². The largest absolute Gasteiger partial charge is 0.402 e. The van der Waals surface area contributed by atoms with E-state index in [1.165, 1.54) is 12.8 Å². The van der Waals surface area contributed by atoms with Gasteiger partial charge in [-0.3, -0.25) is 0 Å². The van der Waals surface area contributed by atoms with Gasteiger partial charge in [0.05, 0.1) is 11.4 Å². The van der Waals surface area contributed by atoms with Gasteiger partial charge in [0.25, 0.3) is 0 Å². The fraction of sp³-hybridized carbons (Fsp3) is 0.500. The van der Waals surface area contributed by atoms with E-state index < -0.39 is 0 Å². The molecule has 0 radical (unpaired) electrons. The first kappa shape index (κ1) is 14.6. The van der Waals surface area contributed by atoms with Gasteiger partial charge in [0.15, 0.2) is 0 Å². The third-order valence-corrected chi connectivity index (χ3v) is 3.92. The molecule has 4 N–H and O–H groups in total. The van der Waals surface area contributed by atoms with Crippen LogP contribution in [0.15, 0.2) is 35.7 Å². The maximum absolute atomic E-state index is 6.19. The molecular formula is C16H24N4. The summed E-state index contributed by atoms with van der Waals surface area (Å²) in [6.07, 6.45) is 8.39. The lowest BCUT2D eigenvalue weighted by molar-refractivity contribution is 0.351. The van der Waals surface area contributed by atoms with E-state index >= 15 is 0 Å². The highest BCUT2D eigenvalue weighted by molar-refractivity contribution is 5.18. The molecule has 1 fully saturated rings. The average Bonchev–Trinajstić information content (AvgIpc) is 2.45. The lowest BCUT2D eigenvalue weighted by Crippen LogP contribution is -2.20. The Balaban J connectivity index is 2.07. The topological polar surface area (TPSA) is 77.8 Å². The van der Waals surface area contributed by atoms with Gasteiger partial charge in [-0.15, -0.1) is 0 Å². The Hall–Kier alpha value is -1.84. The molecule has 0 bridgehead atoms. The number of aryl methyl sites for hydroxylation is 1. The van der Waals surface area contributed by atoms with E-state index in [9.17, 15) is 0 Å². The predicted molar refractivity (Wildman–Crippen MR) is 81.7 cm³/mol. The van der Waals surface area contributed by atoms with Gasteiger partial charge in [-0.25, -0.2) is 0 Å². The number of aromatic nitrogens is 2. The Bertz CT molecular complexity index is 498. The molecule has 0 saturated heterocycles. The van der Waals surface area contributed by atoms with Crippen LogP contribution in [-0.4, -0.2) is 10.2 Å². The molecule has 0 aliphatic heterocycles. The lowest BCUT2D eigenvalue weighted by atomic mass is 9.78. The number of hydrogen-bond acceptors (Lipinski definition) is 4. The molecular weight excluding hydrogens is 248 g/mol. The van der Waals surface area contributed by atoms with E-state index in [1.807, 2.05) is 32.1 Å². The molecule has 0 aromatic carbocycles. The second-order valence-electron chi connectivity index (χ2n) is 5.74. The van der Waals surface area contributed by atoms with Crippen molar-refractivity contribution in [3.05, 3.63) is 47.1 Å². The predicted octanol–water partition coefficient (Wildman–Crippen LogP) is 2.76. The van der Waals surface area contributed by atoms with Gasteiger partial charge >= 0.3 is 0 Å². The molecule has 1 saturated carbocycles. The summed E-state index contributed by atoms with van der Waals surface area (Å²) >= 11 is 0. The van der Waals surface area contributed by atoms with E-state index in [2.05, 4.69) is 16.3 Å². The summed E-state index contributed by atoms with van der Waals surface area (Å²) in [6, 6.07) is 4.13. The van der Waals surface area contributed by atoms with Crippen molar-refractivity contribution >= 4 is 0 Å². The molecule has 20 heavy (non-hydrogen) atoms. The van der Waals surface area contributed by atoms with Crippen molar-refractivity contribution < 1.29 is 0 Å². The smallest absolute Gasteiger partial charge is 0.0662 e. The molecule has 0 amide bonds. The van der Waals surface area contributed by atoms with Gasteiger partial charge < -0.3 is 11.5 Å². The van der Waals surface area contributed by atoms with Crippen LogP contribution in [0.2, 0.25) is 0 Å². The van der Waals surface area contributed by atoms with Crippen LogP contribution in [0, 0.1) is 12.8 Å². The molecule has 2 unspecified atom stereocenters. The van der Waals surface area contributed by atoms with Crippen LogP contribution in [0.4, 0.5) is 0 Å². The molecule has 0 spiro atoms. The van der Waals surface area contributed by atoms with Crippen LogP contribution in [0.3, 0.4) is 0 Å². The SMILES string of the molecule is C/C(N)=C/C=C(\N)C1CCCC(c2ccc(C)nn2)C1. The van der Waals surface area contributed by atoms with Crippen LogP contribution in [0.25, 0.3) is 0 Å². The van der Waals surface area contributed by atoms with Crippen LogP contribution in [-0.2, 0) is 0 Å². The van der Waals surface area contributed by atoms with E-state index in [0.717, 1.165) is 35.6 Å². The summed E-state index contributed by atoms with van der Waals surface area (Å²) in [6.45, 7) is 3.83. The standard InChI is InChI=1S/C16H24N4/c1-11(17)6-8-15(18)13-4-3-5-14(10-13)16-9-7-12(2)19-20-16/h6-9,13-14H,3-5,10,17-18H2,1-2H3/b11-6-,15-8-. The maximum Gasteiger partial charge on any atom is 0.0662 e. The second kappa shape index (κ2) is 6.55. The fourth-order valence-electron chi connectivity index (χ4n) is 2.75. The minimum Gasteiger partial charge on any atom is -0.402 e. The van der Waals surface area contributed by atoms with Crippen LogP contribution >= 0.6 is 0 Å². The normalized spacial score (nSPS) is 24.7. The van der Waals surface area contributed by atoms with Crippen molar-refractivity contribution in [3.63, 3.8) is 0 Å². The van der Waals surface area contributed by atoms with Crippen molar-refractivity contribution in [1.29, 1.82) is 0 Å². The first-order valence-corrected chi connectivity index (χ1v) is 7.26. The van der Waals surface area contributed by atoms with E-state index in [-0.39, 0.29) is 0 Å². The van der Waals surface area contributed by atoms with E-state index in [1.54, 1.807) is 0 Å².